The topological polar surface area (TPSA) is 83.5 Å². The molecule has 0 radical (unpaired) electrons. The zero-order chi connectivity index (χ0) is 17.2. The molecule has 0 bridgehead atoms. The number of nitrogens with zero attached hydrogens (tertiary/aromatic N) is 4. The summed E-state index contributed by atoms with van der Waals surface area (Å²) in [5.74, 6) is -0.890. The fraction of sp³-hybridized carbons (Fsp3) is 0.267. The summed E-state index contributed by atoms with van der Waals surface area (Å²) < 4.78 is 39.6. The van der Waals surface area contributed by atoms with Gasteiger partial charge in [-0.15, -0.1) is 0 Å². The van der Waals surface area contributed by atoms with Gasteiger partial charge in [-0.3, -0.25) is 9.78 Å². The number of halogens is 1. The van der Waals surface area contributed by atoms with Crippen molar-refractivity contribution in [2.45, 2.75) is 4.90 Å². The monoisotopic (exact) mass is 350 g/mol. The van der Waals surface area contributed by atoms with Crippen LogP contribution in [0.15, 0.2) is 47.8 Å². The van der Waals surface area contributed by atoms with Crippen molar-refractivity contribution in [1.82, 2.24) is 19.2 Å². The molecule has 0 N–H and O–H groups in total. The van der Waals surface area contributed by atoms with Crippen molar-refractivity contribution < 1.29 is 17.6 Å². The summed E-state index contributed by atoms with van der Waals surface area (Å²) in [6.45, 7) is 0.767. The van der Waals surface area contributed by atoms with E-state index in [1.54, 1.807) is 0 Å². The van der Waals surface area contributed by atoms with E-state index >= 15 is 0 Å². The SMILES string of the molecule is O=C(c1cnccn1)N1CCN(S(=O)(=O)c2cccc(F)c2)CC1. The van der Waals surface area contributed by atoms with Crippen LogP contribution in [0.5, 0.6) is 0 Å². The first-order valence-electron chi connectivity index (χ1n) is 7.29. The maximum Gasteiger partial charge on any atom is 0.274 e. The molecule has 0 atom stereocenters. The summed E-state index contributed by atoms with van der Waals surface area (Å²) in [6.07, 6.45) is 4.27. The Kier molecular flexibility index (Phi) is 4.54. The number of hydrogen-bond donors (Lipinski definition) is 0. The summed E-state index contributed by atoms with van der Waals surface area (Å²) in [4.78, 5) is 21.5. The lowest BCUT2D eigenvalue weighted by Crippen LogP contribution is -2.50. The highest BCUT2D eigenvalue weighted by Crippen LogP contribution is 2.19. The summed E-state index contributed by atoms with van der Waals surface area (Å²) in [7, 11) is -3.77. The molecule has 0 aliphatic carbocycles. The molecule has 1 aliphatic rings. The molecule has 1 amide bonds. The second kappa shape index (κ2) is 6.62. The highest BCUT2D eigenvalue weighted by atomic mass is 32.2. The quantitative estimate of drug-likeness (QED) is 0.816. The number of aromatic nitrogens is 2. The van der Waals surface area contributed by atoms with Crippen molar-refractivity contribution in [3.05, 3.63) is 54.4 Å². The van der Waals surface area contributed by atoms with Gasteiger partial charge in [-0.2, -0.15) is 4.31 Å². The Morgan fingerprint density at radius 1 is 1.12 bits per heavy atom. The van der Waals surface area contributed by atoms with Gasteiger partial charge in [0, 0.05) is 38.6 Å². The second-order valence-electron chi connectivity index (χ2n) is 5.24. The number of benzene rings is 1. The Hall–Kier alpha value is -2.39. The Bertz CT molecular complexity index is 837. The lowest BCUT2D eigenvalue weighted by molar-refractivity contribution is 0.0691. The predicted octanol–water partition coefficient (Wildman–Crippen LogP) is 0.762. The number of piperazine rings is 1. The van der Waals surface area contributed by atoms with E-state index in [1.807, 2.05) is 0 Å². The van der Waals surface area contributed by atoms with Crippen LogP contribution >= 0.6 is 0 Å². The van der Waals surface area contributed by atoms with Crippen molar-refractivity contribution in [1.29, 1.82) is 0 Å². The Balaban J connectivity index is 1.70. The normalized spacial score (nSPS) is 16.1. The molecule has 1 aromatic carbocycles. The first-order valence-corrected chi connectivity index (χ1v) is 8.73. The van der Waals surface area contributed by atoms with Crippen LogP contribution in [0.2, 0.25) is 0 Å². The minimum Gasteiger partial charge on any atom is -0.335 e. The summed E-state index contributed by atoms with van der Waals surface area (Å²) in [5, 5.41) is 0. The van der Waals surface area contributed by atoms with E-state index in [0.717, 1.165) is 6.07 Å². The number of carbonyl (C=O) groups is 1. The summed E-state index contributed by atoms with van der Waals surface area (Å²) >= 11 is 0. The van der Waals surface area contributed by atoms with E-state index in [0.29, 0.717) is 0 Å². The number of hydrogen-bond acceptors (Lipinski definition) is 5. The van der Waals surface area contributed by atoms with Crippen LogP contribution in [0.1, 0.15) is 10.5 Å². The fourth-order valence-corrected chi connectivity index (χ4v) is 3.93. The number of rotatable bonds is 3. The molecule has 2 aromatic rings. The molecular formula is C15H15FN4O3S. The average Bonchev–Trinajstić information content (AvgIpc) is 2.62. The molecule has 1 aliphatic heterocycles. The molecule has 9 heteroatoms. The van der Waals surface area contributed by atoms with Crippen LogP contribution in [0.3, 0.4) is 0 Å². The van der Waals surface area contributed by atoms with Gasteiger partial charge in [-0.25, -0.2) is 17.8 Å². The van der Waals surface area contributed by atoms with Gasteiger partial charge < -0.3 is 4.90 Å². The van der Waals surface area contributed by atoms with Crippen molar-refractivity contribution in [2.75, 3.05) is 26.2 Å². The van der Waals surface area contributed by atoms with Crippen LogP contribution in [0, 0.1) is 5.82 Å². The van der Waals surface area contributed by atoms with Crippen molar-refractivity contribution in [2.24, 2.45) is 0 Å². The van der Waals surface area contributed by atoms with Crippen LogP contribution in [-0.4, -0.2) is 59.7 Å². The van der Waals surface area contributed by atoms with Gasteiger partial charge in [0.1, 0.15) is 11.5 Å². The molecule has 0 spiro atoms. The highest BCUT2D eigenvalue weighted by molar-refractivity contribution is 7.89. The zero-order valence-electron chi connectivity index (χ0n) is 12.7. The van der Waals surface area contributed by atoms with Crippen molar-refractivity contribution in [3.63, 3.8) is 0 Å². The van der Waals surface area contributed by atoms with Crippen LogP contribution in [-0.2, 0) is 10.0 Å². The minimum absolute atomic E-state index is 0.0868. The van der Waals surface area contributed by atoms with Crippen LogP contribution in [0.4, 0.5) is 4.39 Å². The van der Waals surface area contributed by atoms with Gasteiger partial charge in [0.05, 0.1) is 11.1 Å². The van der Waals surface area contributed by atoms with E-state index in [-0.39, 0.29) is 42.7 Å². The number of carbonyl (C=O) groups excluding carboxylic acids is 1. The molecule has 1 aromatic heterocycles. The molecule has 1 fully saturated rings. The summed E-state index contributed by atoms with van der Waals surface area (Å²) in [6, 6.07) is 4.90. The second-order valence-corrected chi connectivity index (χ2v) is 7.18. The minimum atomic E-state index is -3.77. The smallest absolute Gasteiger partial charge is 0.274 e. The van der Waals surface area contributed by atoms with Crippen LogP contribution in [0.25, 0.3) is 0 Å². The zero-order valence-corrected chi connectivity index (χ0v) is 13.5. The molecule has 7 nitrogen and oxygen atoms in total. The van der Waals surface area contributed by atoms with Crippen molar-refractivity contribution in [3.8, 4) is 0 Å². The van der Waals surface area contributed by atoms with Gasteiger partial charge in [-0.05, 0) is 18.2 Å². The maximum atomic E-state index is 13.3. The lowest BCUT2D eigenvalue weighted by Gasteiger charge is -2.33. The van der Waals surface area contributed by atoms with Gasteiger partial charge in [0.2, 0.25) is 10.0 Å². The third-order valence-corrected chi connectivity index (χ3v) is 5.64. The fourth-order valence-electron chi connectivity index (χ4n) is 2.48. The van der Waals surface area contributed by atoms with Crippen molar-refractivity contribution >= 4 is 15.9 Å². The molecule has 3 rings (SSSR count). The molecule has 1 saturated heterocycles. The van der Waals surface area contributed by atoms with Crippen LogP contribution < -0.4 is 0 Å². The lowest BCUT2D eigenvalue weighted by atomic mass is 10.3. The maximum absolute atomic E-state index is 13.3. The van der Waals surface area contributed by atoms with E-state index in [2.05, 4.69) is 9.97 Å². The first-order chi connectivity index (χ1) is 11.5. The summed E-state index contributed by atoms with van der Waals surface area (Å²) in [5.41, 5.74) is 0.221. The standard InChI is InChI=1S/C15H15FN4O3S/c16-12-2-1-3-13(10-12)24(22,23)20-8-6-19(7-9-20)15(21)14-11-17-4-5-18-14/h1-5,10-11H,6-9H2. The van der Waals surface area contributed by atoms with E-state index in [4.69, 9.17) is 0 Å². The van der Waals surface area contributed by atoms with Gasteiger partial charge in [0.15, 0.2) is 0 Å². The molecule has 0 unspecified atom stereocenters. The molecule has 24 heavy (non-hydrogen) atoms. The van der Waals surface area contributed by atoms with E-state index in [1.165, 1.54) is 46.0 Å². The predicted molar refractivity (Wildman–Crippen MR) is 83.1 cm³/mol. The van der Waals surface area contributed by atoms with E-state index < -0.39 is 15.8 Å². The van der Waals surface area contributed by atoms with Gasteiger partial charge in [-0.1, -0.05) is 6.07 Å². The largest absolute Gasteiger partial charge is 0.335 e. The average molecular weight is 350 g/mol. The number of sulfonamides is 1. The Morgan fingerprint density at radius 2 is 1.88 bits per heavy atom. The van der Waals surface area contributed by atoms with Gasteiger partial charge >= 0.3 is 0 Å². The van der Waals surface area contributed by atoms with Gasteiger partial charge in [0.25, 0.3) is 5.91 Å². The third-order valence-electron chi connectivity index (χ3n) is 3.74. The molecule has 2 heterocycles. The molecule has 0 saturated carbocycles. The Morgan fingerprint density at radius 3 is 2.50 bits per heavy atom. The number of amides is 1. The highest BCUT2D eigenvalue weighted by Gasteiger charge is 2.30. The molecular weight excluding hydrogens is 335 g/mol. The Labute approximate surface area is 138 Å². The molecule has 126 valence electrons. The first kappa shape index (κ1) is 16.5. The third kappa shape index (κ3) is 3.26. The van der Waals surface area contributed by atoms with E-state index in [9.17, 15) is 17.6 Å².